The van der Waals surface area contributed by atoms with Gasteiger partial charge in [-0.15, -0.1) is 0 Å². The zero-order valence-electron chi connectivity index (χ0n) is 10.9. The Hall–Kier alpha value is -1.30. The van der Waals surface area contributed by atoms with Gasteiger partial charge in [0, 0.05) is 5.56 Å². The van der Waals surface area contributed by atoms with Gasteiger partial charge in [0.2, 0.25) is 0 Å². The molecule has 1 aromatic rings. The van der Waals surface area contributed by atoms with Crippen molar-refractivity contribution >= 4 is 0 Å². The minimum absolute atomic E-state index is 0.775. The zero-order chi connectivity index (χ0) is 12.3. The fourth-order valence-corrected chi connectivity index (χ4v) is 1.50. The molecule has 92 valence electrons. The lowest BCUT2D eigenvalue weighted by Gasteiger charge is -2.08. The first kappa shape index (κ1) is 13.8. The second kappa shape index (κ2) is 8.81. The number of hydrogen-bond donors (Lipinski definition) is 1. The molecule has 1 rings (SSSR count). The number of rotatable bonds is 6. The Morgan fingerprint density at radius 1 is 1.12 bits per heavy atom. The van der Waals surface area contributed by atoms with Crippen LogP contribution in [0.3, 0.4) is 0 Å². The Kier molecular flexibility index (Phi) is 7.13. The Morgan fingerprint density at radius 3 is 2.59 bits per heavy atom. The minimum atomic E-state index is 0.775. The molecular formula is C15H22N2. The van der Waals surface area contributed by atoms with Crippen LogP contribution in [0.1, 0.15) is 18.4 Å². The van der Waals surface area contributed by atoms with Crippen LogP contribution in [0.4, 0.5) is 0 Å². The van der Waals surface area contributed by atoms with E-state index < -0.39 is 0 Å². The maximum absolute atomic E-state index is 3.34. The van der Waals surface area contributed by atoms with Gasteiger partial charge in [-0.05, 0) is 52.2 Å². The third-order valence-electron chi connectivity index (χ3n) is 2.43. The van der Waals surface area contributed by atoms with E-state index in [1.165, 1.54) is 12.8 Å². The third-order valence-corrected chi connectivity index (χ3v) is 2.43. The smallest absolute Gasteiger partial charge is 0.0580 e. The molecular weight excluding hydrogens is 208 g/mol. The molecule has 0 atom stereocenters. The van der Waals surface area contributed by atoms with Crippen LogP contribution in [0.2, 0.25) is 0 Å². The quantitative estimate of drug-likeness (QED) is 0.594. The molecule has 0 unspecified atom stereocenters. The van der Waals surface area contributed by atoms with Crippen molar-refractivity contribution in [2.45, 2.75) is 12.8 Å². The van der Waals surface area contributed by atoms with E-state index in [0.29, 0.717) is 0 Å². The SMILES string of the molecule is CN(C)CCCCNCC#Cc1ccccc1. The van der Waals surface area contributed by atoms with Gasteiger partial charge in [-0.25, -0.2) is 0 Å². The highest BCUT2D eigenvalue weighted by Crippen LogP contribution is 1.94. The molecule has 0 saturated carbocycles. The van der Waals surface area contributed by atoms with Crippen LogP contribution in [-0.4, -0.2) is 38.6 Å². The van der Waals surface area contributed by atoms with Crippen LogP contribution < -0.4 is 5.32 Å². The Labute approximate surface area is 105 Å². The summed E-state index contributed by atoms with van der Waals surface area (Å²) in [7, 11) is 4.22. The van der Waals surface area contributed by atoms with Gasteiger partial charge in [0.05, 0.1) is 6.54 Å². The van der Waals surface area contributed by atoms with Gasteiger partial charge in [0.25, 0.3) is 0 Å². The van der Waals surface area contributed by atoms with Crippen molar-refractivity contribution in [3.05, 3.63) is 35.9 Å². The molecule has 0 aliphatic rings. The number of unbranched alkanes of at least 4 members (excludes halogenated alkanes) is 1. The fourth-order valence-electron chi connectivity index (χ4n) is 1.50. The van der Waals surface area contributed by atoms with Crippen molar-refractivity contribution in [1.29, 1.82) is 0 Å². The summed E-state index contributed by atoms with van der Waals surface area (Å²) in [4.78, 5) is 2.22. The molecule has 0 heterocycles. The first-order valence-electron chi connectivity index (χ1n) is 6.18. The maximum atomic E-state index is 3.34. The van der Waals surface area contributed by atoms with Gasteiger partial charge in [0.15, 0.2) is 0 Å². The molecule has 0 saturated heterocycles. The number of nitrogens with one attached hydrogen (secondary N) is 1. The molecule has 0 aliphatic heterocycles. The Balaban J connectivity index is 2.03. The molecule has 0 aliphatic carbocycles. The first-order valence-corrected chi connectivity index (χ1v) is 6.18. The van der Waals surface area contributed by atoms with E-state index in [0.717, 1.165) is 25.2 Å². The lowest BCUT2D eigenvalue weighted by Crippen LogP contribution is -2.18. The van der Waals surface area contributed by atoms with E-state index in [1.54, 1.807) is 0 Å². The van der Waals surface area contributed by atoms with Gasteiger partial charge in [0.1, 0.15) is 0 Å². The fraction of sp³-hybridized carbons (Fsp3) is 0.467. The number of nitrogens with zero attached hydrogens (tertiary/aromatic N) is 1. The molecule has 0 fully saturated rings. The summed E-state index contributed by atoms with van der Waals surface area (Å²) >= 11 is 0. The second-order valence-electron chi connectivity index (χ2n) is 4.35. The van der Waals surface area contributed by atoms with E-state index in [2.05, 4.69) is 36.2 Å². The van der Waals surface area contributed by atoms with E-state index >= 15 is 0 Å². The van der Waals surface area contributed by atoms with Gasteiger partial charge in [-0.3, -0.25) is 0 Å². The topological polar surface area (TPSA) is 15.3 Å². The van der Waals surface area contributed by atoms with Crippen LogP contribution in [0.15, 0.2) is 30.3 Å². The molecule has 2 heteroatoms. The summed E-state index contributed by atoms with van der Waals surface area (Å²) in [5.74, 6) is 6.26. The van der Waals surface area contributed by atoms with Crippen molar-refractivity contribution in [3.8, 4) is 11.8 Å². The molecule has 1 aromatic carbocycles. The van der Waals surface area contributed by atoms with Gasteiger partial charge < -0.3 is 10.2 Å². The average Bonchev–Trinajstić information content (AvgIpc) is 2.33. The van der Waals surface area contributed by atoms with Gasteiger partial charge in [-0.1, -0.05) is 30.0 Å². The lowest BCUT2D eigenvalue weighted by atomic mass is 10.2. The summed E-state index contributed by atoms with van der Waals surface area (Å²) in [6, 6.07) is 10.1. The summed E-state index contributed by atoms with van der Waals surface area (Å²) < 4.78 is 0. The highest BCUT2D eigenvalue weighted by Gasteiger charge is 1.90. The standard InChI is InChI=1S/C15H22N2/c1-17(2)14-7-6-12-16-13-8-11-15-9-4-3-5-10-15/h3-5,9-10,16H,6-7,12-14H2,1-2H3. The summed E-state index contributed by atoms with van der Waals surface area (Å²) in [6.45, 7) is 2.99. The van der Waals surface area contributed by atoms with E-state index in [-0.39, 0.29) is 0 Å². The Bertz CT molecular complexity index is 346. The van der Waals surface area contributed by atoms with Crippen LogP contribution in [0.25, 0.3) is 0 Å². The van der Waals surface area contributed by atoms with E-state index in [9.17, 15) is 0 Å². The molecule has 2 nitrogen and oxygen atoms in total. The third kappa shape index (κ3) is 7.57. The molecule has 17 heavy (non-hydrogen) atoms. The predicted molar refractivity (Wildman–Crippen MR) is 74.0 cm³/mol. The monoisotopic (exact) mass is 230 g/mol. The molecule has 0 radical (unpaired) electrons. The van der Waals surface area contributed by atoms with E-state index in [4.69, 9.17) is 0 Å². The molecule has 0 aromatic heterocycles. The largest absolute Gasteiger partial charge is 0.309 e. The van der Waals surface area contributed by atoms with Crippen molar-refractivity contribution in [2.75, 3.05) is 33.7 Å². The van der Waals surface area contributed by atoms with Crippen LogP contribution in [0.5, 0.6) is 0 Å². The van der Waals surface area contributed by atoms with Crippen LogP contribution >= 0.6 is 0 Å². The normalized spacial score (nSPS) is 10.1. The van der Waals surface area contributed by atoms with Gasteiger partial charge >= 0.3 is 0 Å². The molecule has 0 spiro atoms. The summed E-state index contributed by atoms with van der Waals surface area (Å²) in [6.07, 6.45) is 2.46. The van der Waals surface area contributed by atoms with Crippen molar-refractivity contribution in [2.24, 2.45) is 0 Å². The number of hydrogen-bond acceptors (Lipinski definition) is 2. The van der Waals surface area contributed by atoms with Crippen LogP contribution in [-0.2, 0) is 0 Å². The first-order chi connectivity index (χ1) is 8.29. The predicted octanol–water partition coefficient (Wildman–Crippen LogP) is 1.97. The van der Waals surface area contributed by atoms with Gasteiger partial charge in [-0.2, -0.15) is 0 Å². The highest BCUT2D eigenvalue weighted by atomic mass is 15.0. The maximum Gasteiger partial charge on any atom is 0.0580 e. The van der Waals surface area contributed by atoms with Crippen molar-refractivity contribution in [3.63, 3.8) is 0 Å². The highest BCUT2D eigenvalue weighted by molar-refractivity contribution is 5.33. The molecule has 0 bridgehead atoms. The molecule has 0 amide bonds. The summed E-state index contributed by atoms with van der Waals surface area (Å²) in [5.41, 5.74) is 1.09. The zero-order valence-corrected chi connectivity index (χ0v) is 10.9. The summed E-state index contributed by atoms with van der Waals surface area (Å²) in [5, 5.41) is 3.34. The van der Waals surface area contributed by atoms with E-state index in [1.807, 2.05) is 30.3 Å². The van der Waals surface area contributed by atoms with Crippen molar-refractivity contribution in [1.82, 2.24) is 10.2 Å². The second-order valence-corrected chi connectivity index (χ2v) is 4.35. The lowest BCUT2D eigenvalue weighted by molar-refractivity contribution is 0.393. The van der Waals surface area contributed by atoms with Crippen molar-refractivity contribution < 1.29 is 0 Å². The number of benzene rings is 1. The van der Waals surface area contributed by atoms with Crippen LogP contribution in [0, 0.1) is 11.8 Å². The Morgan fingerprint density at radius 2 is 1.88 bits per heavy atom. The molecule has 1 N–H and O–H groups in total. The minimum Gasteiger partial charge on any atom is -0.309 e. The average molecular weight is 230 g/mol.